The van der Waals surface area contributed by atoms with Crippen molar-refractivity contribution >= 4 is 44.1 Å². The van der Waals surface area contributed by atoms with E-state index in [-0.39, 0.29) is 49.9 Å². The predicted molar refractivity (Wildman–Crippen MR) is 147 cm³/mol. The molecule has 0 aromatic heterocycles. The van der Waals surface area contributed by atoms with Gasteiger partial charge in [0.2, 0.25) is 0 Å². The normalized spacial score (nSPS) is 26.0. The van der Waals surface area contributed by atoms with Gasteiger partial charge in [-0.15, -0.1) is 0 Å². The van der Waals surface area contributed by atoms with E-state index in [1.807, 2.05) is 30.3 Å². The zero-order chi connectivity index (χ0) is 25.4. The summed E-state index contributed by atoms with van der Waals surface area (Å²) >= 11 is 0.0652. The van der Waals surface area contributed by atoms with Crippen LogP contribution in [0.15, 0.2) is 91.0 Å². The van der Waals surface area contributed by atoms with Crippen LogP contribution in [0, 0.1) is 11.3 Å². The first kappa shape index (κ1) is 25.4. The molecule has 0 unspecified atom stereocenters. The van der Waals surface area contributed by atoms with Crippen LogP contribution in [0.1, 0.15) is 27.2 Å². The number of hydrogen-bond donors (Lipinski definition) is 1. The van der Waals surface area contributed by atoms with Crippen LogP contribution in [0.25, 0.3) is 0 Å². The van der Waals surface area contributed by atoms with Gasteiger partial charge in [0.1, 0.15) is 0 Å². The Labute approximate surface area is 221 Å². The molecule has 3 aromatic rings. The third-order valence-corrected chi connectivity index (χ3v) is 15.6. The second-order valence-corrected chi connectivity index (χ2v) is 18.0. The summed E-state index contributed by atoms with van der Waals surface area (Å²) < 4.78 is 14.0. The van der Waals surface area contributed by atoms with Crippen molar-refractivity contribution in [3.05, 3.63) is 91.0 Å². The molecule has 5 rings (SSSR count). The first-order valence-electron chi connectivity index (χ1n) is 12.6. The molecule has 3 aromatic carbocycles. The van der Waals surface area contributed by atoms with E-state index in [9.17, 15) is 9.90 Å². The molecule has 4 nitrogen and oxygen atoms in total. The molecule has 4 atom stereocenters. The quantitative estimate of drug-likeness (QED) is 0.353. The van der Waals surface area contributed by atoms with Crippen LogP contribution in [0.5, 0.6) is 0 Å². The van der Waals surface area contributed by atoms with Gasteiger partial charge in [-0.25, -0.2) is 0 Å². The summed E-state index contributed by atoms with van der Waals surface area (Å²) in [4.78, 5) is 13.4. The Kier molecular flexibility index (Phi) is 7.01. The van der Waals surface area contributed by atoms with Crippen LogP contribution in [-0.2, 0) is 14.0 Å². The number of ether oxygens (including phenoxy) is 1. The molecular formula is C30H34O4SeSi. The second kappa shape index (κ2) is 9.92. The van der Waals surface area contributed by atoms with Crippen molar-refractivity contribution in [2.75, 3.05) is 13.2 Å². The fourth-order valence-electron chi connectivity index (χ4n) is 6.03. The van der Waals surface area contributed by atoms with E-state index in [2.05, 4.69) is 81.4 Å². The summed E-state index contributed by atoms with van der Waals surface area (Å²) in [7, 11) is -2.81. The number of carbonyl (C=O) groups excluding carboxylic acids is 1. The Morgan fingerprint density at radius 2 is 1.47 bits per heavy atom. The Balaban J connectivity index is 1.52. The number of benzene rings is 3. The zero-order valence-corrected chi connectivity index (χ0v) is 23.8. The number of fused-ring (bicyclic) bond motifs is 1. The van der Waals surface area contributed by atoms with Gasteiger partial charge in [-0.3, -0.25) is 0 Å². The Morgan fingerprint density at radius 3 is 2.00 bits per heavy atom. The summed E-state index contributed by atoms with van der Waals surface area (Å²) in [6.45, 7) is 7.26. The molecule has 2 aliphatic rings. The summed E-state index contributed by atoms with van der Waals surface area (Å²) in [5, 5.41) is 13.6. The molecule has 0 amide bonds. The number of esters is 1. The zero-order valence-electron chi connectivity index (χ0n) is 21.1. The average Bonchev–Trinajstić information content (AvgIpc) is 3.34. The van der Waals surface area contributed by atoms with Crippen LogP contribution in [0.2, 0.25) is 9.85 Å². The molecular weight excluding hydrogens is 531 g/mol. The van der Waals surface area contributed by atoms with Gasteiger partial charge in [-0.1, -0.05) is 0 Å². The molecule has 2 fully saturated rings. The Bertz CT molecular complexity index is 1140. The maximum absolute atomic E-state index is 13.4. The van der Waals surface area contributed by atoms with Crippen molar-refractivity contribution in [1.82, 2.24) is 0 Å². The van der Waals surface area contributed by atoms with Gasteiger partial charge in [-0.05, 0) is 0 Å². The van der Waals surface area contributed by atoms with Crippen molar-refractivity contribution < 1.29 is 19.1 Å². The monoisotopic (exact) mass is 566 g/mol. The van der Waals surface area contributed by atoms with Crippen molar-refractivity contribution in [2.45, 2.75) is 43.2 Å². The van der Waals surface area contributed by atoms with Gasteiger partial charge in [0, 0.05) is 0 Å². The van der Waals surface area contributed by atoms with E-state index < -0.39 is 19.8 Å². The SMILES string of the molecule is CC(C)(C)[Si](OC[C@@]12C[C@H]([Se]c3ccccc3)[C@@H](O)[C@@H]1COC2=O)(c1ccccc1)c1ccccc1. The van der Waals surface area contributed by atoms with E-state index >= 15 is 0 Å². The fraction of sp³-hybridized carbons (Fsp3) is 0.367. The summed E-state index contributed by atoms with van der Waals surface area (Å²) in [6, 6.07) is 31.3. The fourth-order valence-corrected chi connectivity index (χ4v) is 13.5. The summed E-state index contributed by atoms with van der Waals surface area (Å²) in [5.41, 5.74) is -0.812. The van der Waals surface area contributed by atoms with Crippen LogP contribution >= 0.6 is 0 Å². The standard InChI is InChI=1S/C30H34O4SeSi/c1-29(2,3)36(23-15-9-5-10-16-23,24-17-11-6-12-18-24)34-21-30-19-26(35-22-13-7-4-8-14-22)27(31)25(30)20-33-28(30)32/h4-18,25-27,31H,19-21H2,1-3H3/t25-,26-,27-,30-/m0/s1. The molecule has 0 bridgehead atoms. The third kappa shape index (κ3) is 4.29. The minimum absolute atomic E-state index is 0.0560. The molecule has 1 saturated carbocycles. The molecule has 188 valence electrons. The van der Waals surface area contributed by atoms with Crippen LogP contribution in [0.4, 0.5) is 0 Å². The minimum atomic E-state index is -2.81. The molecule has 1 aliphatic carbocycles. The second-order valence-electron chi connectivity index (χ2n) is 11.0. The summed E-state index contributed by atoms with van der Waals surface area (Å²) in [6.07, 6.45) is 0.0320. The van der Waals surface area contributed by atoms with E-state index in [0.29, 0.717) is 6.42 Å². The molecule has 1 aliphatic heterocycles. The van der Waals surface area contributed by atoms with Gasteiger partial charge in [0.25, 0.3) is 0 Å². The Hall–Kier alpha value is -2.21. The Morgan fingerprint density at radius 1 is 0.944 bits per heavy atom. The molecule has 1 heterocycles. The molecule has 6 heteroatoms. The first-order valence-corrected chi connectivity index (χ1v) is 16.4. The number of rotatable bonds is 7. The number of carbonyl (C=O) groups is 1. The number of hydrogen-bond acceptors (Lipinski definition) is 4. The van der Waals surface area contributed by atoms with Gasteiger partial charge in [-0.2, -0.15) is 0 Å². The van der Waals surface area contributed by atoms with Gasteiger partial charge < -0.3 is 0 Å². The van der Waals surface area contributed by atoms with E-state index in [0.717, 1.165) is 0 Å². The van der Waals surface area contributed by atoms with Crippen LogP contribution in [0.3, 0.4) is 0 Å². The van der Waals surface area contributed by atoms with Gasteiger partial charge in [0.15, 0.2) is 0 Å². The first-order chi connectivity index (χ1) is 17.3. The predicted octanol–water partition coefficient (Wildman–Crippen LogP) is 3.31. The molecule has 36 heavy (non-hydrogen) atoms. The van der Waals surface area contributed by atoms with Crippen molar-refractivity contribution in [1.29, 1.82) is 0 Å². The topological polar surface area (TPSA) is 55.8 Å². The molecule has 1 saturated heterocycles. The average molecular weight is 566 g/mol. The number of cyclic esters (lactones) is 1. The number of aliphatic hydroxyl groups is 1. The van der Waals surface area contributed by atoms with Crippen LogP contribution in [-0.4, -0.2) is 53.7 Å². The number of aliphatic hydroxyl groups excluding tert-OH is 1. The molecule has 0 radical (unpaired) electrons. The van der Waals surface area contributed by atoms with Crippen LogP contribution < -0.4 is 14.8 Å². The molecule has 1 N–H and O–H groups in total. The van der Waals surface area contributed by atoms with E-state index in [4.69, 9.17) is 9.16 Å². The third-order valence-electron chi connectivity index (χ3n) is 7.86. The molecule has 0 spiro atoms. The van der Waals surface area contributed by atoms with Gasteiger partial charge >= 0.3 is 222 Å². The van der Waals surface area contributed by atoms with Crippen molar-refractivity contribution in [3.63, 3.8) is 0 Å². The van der Waals surface area contributed by atoms with E-state index in [1.54, 1.807) is 0 Å². The summed E-state index contributed by atoms with van der Waals surface area (Å²) in [5.74, 6) is -0.449. The van der Waals surface area contributed by atoms with Gasteiger partial charge in [0.05, 0.1) is 0 Å². The van der Waals surface area contributed by atoms with Crippen molar-refractivity contribution in [2.24, 2.45) is 11.3 Å². The maximum atomic E-state index is 13.4. The van der Waals surface area contributed by atoms with E-state index in [1.165, 1.54) is 14.8 Å². The van der Waals surface area contributed by atoms with Crippen molar-refractivity contribution in [3.8, 4) is 0 Å².